The highest BCUT2D eigenvalue weighted by Crippen LogP contribution is 2.28. The molecule has 1 aliphatic rings. The van der Waals surface area contributed by atoms with Gasteiger partial charge in [-0.1, -0.05) is 15.9 Å². The molecule has 1 saturated heterocycles. The Bertz CT molecular complexity index is 556. The number of nitrogen functional groups attached to an aromatic ring is 1. The van der Waals surface area contributed by atoms with E-state index in [0.717, 1.165) is 0 Å². The number of hydrogen-bond acceptors (Lipinski definition) is 4. The van der Waals surface area contributed by atoms with Gasteiger partial charge in [0.15, 0.2) is 0 Å². The first kappa shape index (κ1) is 14.8. The van der Waals surface area contributed by atoms with E-state index in [0.29, 0.717) is 30.5 Å². The van der Waals surface area contributed by atoms with Crippen molar-refractivity contribution in [3.63, 3.8) is 0 Å². The smallest absolute Gasteiger partial charge is 0.245 e. The normalized spacial score (nSPS) is 17.8. The summed E-state index contributed by atoms with van der Waals surface area (Å²) in [5.74, 6) is 0. The topological polar surface area (TPSA) is 72.6 Å². The van der Waals surface area contributed by atoms with Crippen molar-refractivity contribution < 1.29 is 13.2 Å². The van der Waals surface area contributed by atoms with Gasteiger partial charge in [-0.25, -0.2) is 8.42 Å². The van der Waals surface area contributed by atoms with Gasteiger partial charge in [0.2, 0.25) is 10.0 Å². The maximum absolute atomic E-state index is 12.6. The highest BCUT2D eigenvalue weighted by molar-refractivity contribution is 9.10. The highest BCUT2D eigenvalue weighted by atomic mass is 79.9. The van der Waals surface area contributed by atoms with Gasteiger partial charge in [-0.05, 0) is 31.0 Å². The summed E-state index contributed by atoms with van der Waals surface area (Å²) in [7, 11) is -1.97. The van der Waals surface area contributed by atoms with E-state index in [9.17, 15) is 8.42 Å². The second-order valence-electron chi connectivity index (χ2n) is 4.55. The van der Waals surface area contributed by atoms with E-state index in [2.05, 4.69) is 15.9 Å². The van der Waals surface area contributed by atoms with Gasteiger partial charge in [-0.15, -0.1) is 0 Å². The average molecular weight is 349 g/mol. The molecule has 106 valence electrons. The summed E-state index contributed by atoms with van der Waals surface area (Å²) in [6.07, 6.45) is 1.42. The van der Waals surface area contributed by atoms with Crippen molar-refractivity contribution in [2.24, 2.45) is 0 Å². The van der Waals surface area contributed by atoms with Crippen molar-refractivity contribution in [3.8, 4) is 0 Å². The van der Waals surface area contributed by atoms with Gasteiger partial charge in [-0.2, -0.15) is 4.31 Å². The number of ether oxygens (including phenoxy) is 1. The molecule has 1 heterocycles. The quantitative estimate of drug-likeness (QED) is 0.845. The summed E-state index contributed by atoms with van der Waals surface area (Å²) >= 11 is 3.28. The summed E-state index contributed by atoms with van der Waals surface area (Å²) < 4.78 is 32.5. The summed E-state index contributed by atoms with van der Waals surface area (Å²) in [6, 6.07) is 4.83. The van der Waals surface area contributed by atoms with E-state index in [1.807, 2.05) is 0 Å². The van der Waals surface area contributed by atoms with E-state index in [4.69, 9.17) is 10.5 Å². The zero-order valence-electron chi connectivity index (χ0n) is 10.7. The van der Waals surface area contributed by atoms with Crippen molar-refractivity contribution >= 4 is 31.6 Å². The van der Waals surface area contributed by atoms with Crippen molar-refractivity contribution in [2.45, 2.75) is 23.8 Å². The molecule has 7 heteroatoms. The van der Waals surface area contributed by atoms with Crippen molar-refractivity contribution in [1.29, 1.82) is 0 Å². The number of anilines is 1. The van der Waals surface area contributed by atoms with Gasteiger partial charge in [-0.3, -0.25) is 0 Å². The standard InChI is InChI=1S/C12H17BrN2O3S/c1-15(10-4-6-18-7-5-10)19(16,17)12-8-9(13)2-3-11(12)14/h2-3,8,10H,4-7,14H2,1H3. The molecule has 0 atom stereocenters. The minimum atomic E-state index is -3.57. The number of nitrogens with two attached hydrogens (primary N) is 1. The van der Waals surface area contributed by atoms with Crippen LogP contribution >= 0.6 is 15.9 Å². The molecule has 19 heavy (non-hydrogen) atoms. The highest BCUT2D eigenvalue weighted by Gasteiger charge is 2.30. The van der Waals surface area contributed by atoms with Gasteiger partial charge in [0.25, 0.3) is 0 Å². The van der Waals surface area contributed by atoms with Crippen molar-refractivity contribution in [3.05, 3.63) is 22.7 Å². The largest absolute Gasteiger partial charge is 0.398 e. The van der Waals surface area contributed by atoms with Crippen LogP contribution in [0.1, 0.15) is 12.8 Å². The molecule has 0 spiro atoms. The lowest BCUT2D eigenvalue weighted by Gasteiger charge is -2.30. The number of hydrogen-bond donors (Lipinski definition) is 1. The monoisotopic (exact) mass is 348 g/mol. The first-order chi connectivity index (χ1) is 8.93. The van der Waals surface area contributed by atoms with Gasteiger partial charge in [0.1, 0.15) is 4.90 Å². The lowest BCUT2D eigenvalue weighted by atomic mass is 10.1. The fraction of sp³-hybridized carbons (Fsp3) is 0.500. The van der Waals surface area contributed by atoms with E-state index >= 15 is 0 Å². The Kier molecular flexibility index (Phi) is 4.50. The number of nitrogens with zero attached hydrogens (tertiary/aromatic N) is 1. The van der Waals surface area contributed by atoms with Gasteiger partial charge in [0, 0.05) is 30.8 Å². The van der Waals surface area contributed by atoms with Gasteiger partial charge >= 0.3 is 0 Å². The number of sulfonamides is 1. The van der Waals surface area contributed by atoms with Crippen LogP contribution in [0, 0.1) is 0 Å². The molecule has 0 amide bonds. The summed E-state index contributed by atoms with van der Waals surface area (Å²) in [4.78, 5) is 0.149. The molecular weight excluding hydrogens is 332 g/mol. The first-order valence-corrected chi connectivity index (χ1v) is 8.27. The van der Waals surface area contributed by atoms with Crippen LogP contribution in [0.2, 0.25) is 0 Å². The zero-order valence-corrected chi connectivity index (χ0v) is 13.1. The van der Waals surface area contributed by atoms with E-state index in [-0.39, 0.29) is 16.6 Å². The summed E-state index contributed by atoms with van der Waals surface area (Å²) in [5, 5.41) is 0. The molecule has 1 aromatic carbocycles. The Balaban J connectivity index is 2.33. The first-order valence-electron chi connectivity index (χ1n) is 6.03. The Morgan fingerprint density at radius 3 is 2.63 bits per heavy atom. The van der Waals surface area contributed by atoms with Gasteiger partial charge < -0.3 is 10.5 Å². The Morgan fingerprint density at radius 2 is 2.00 bits per heavy atom. The maximum atomic E-state index is 12.6. The maximum Gasteiger partial charge on any atom is 0.245 e. The third-order valence-electron chi connectivity index (χ3n) is 3.34. The fourth-order valence-corrected chi connectivity index (χ4v) is 4.20. The summed E-state index contributed by atoms with van der Waals surface area (Å²) in [5.41, 5.74) is 6.06. The minimum Gasteiger partial charge on any atom is -0.398 e. The predicted molar refractivity (Wildman–Crippen MR) is 77.3 cm³/mol. The Labute approximate surface area is 121 Å². The molecule has 5 nitrogen and oxygen atoms in total. The van der Waals surface area contributed by atoms with Crippen LogP contribution in [0.25, 0.3) is 0 Å². The number of rotatable bonds is 3. The average Bonchev–Trinajstić information content (AvgIpc) is 2.41. The third-order valence-corrected chi connectivity index (χ3v) is 5.80. The van der Waals surface area contributed by atoms with E-state index in [1.54, 1.807) is 25.2 Å². The SMILES string of the molecule is CN(C1CCOCC1)S(=O)(=O)c1cc(Br)ccc1N. The molecule has 0 saturated carbocycles. The second kappa shape index (κ2) is 5.78. The fourth-order valence-electron chi connectivity index (χ4n) is 2.13. The molecular formula is C12H17BrN2O3S. The van der Waals surface area contributed by atoms with Crippen molar-refractivity contribution in [2.75, 3.05) is 26.0 Å². The van der Waals surface area contributed by atoms with Crippen LogP contribution in [0.5, 0.6) is 0 Å². The van der Waals surface area contributed by atoms with Crippen LogP contribution in [-0.2, 0) is 14.8 Å². The lowest BCUT2D eigenvalue weighted by molar-refractivity contribution is 0.0632. The lowest BCUT2D eigenvalue weighted by Crippen LogP contribution is -2.40. The summed E-state index contributed by atoms with van der Waals surface area (Å²) in [6.45, 7) is 1.19. The molecule has 2 rings (SSSR count). The van der Waals surface area contributed by atoms with Crippen LogP contribution in [0.3, 0.4) is 0 Å². The molecule has 0 aliphatic carbocycles. The van der Waals surface area contributed by atoms with Crippen LogP contribution < -0.4 is 5.73 Å². The Morgan fingerprint density at radius 1 is 1.37 bits per heavy atom. The number of benzene rings is 1. The molecule has 1 aliphatic heterocycles. The molecule has 1 aromatic rings. The van der Waals surface area contributed by atoms with Crippen LogP contribution in [-0.4, -0.2) is 39.0 Å². The zero-order chi connectivity index (χ0) is 14.0. The van der Waals surface area contributed by atoms with Crippen LogP contribution in [0.4, 0.5) is 5.69 Å². The molecule has 0 aromatic heterocycles. The predicted octanol–water partition coefficient (Wildman–Crippen LogP) is 1.83. The molecule has 2 N–H and O–H groups in total. The van der Waals surface area contributed by atoms with Crippen LogP contribution in [0.15, 0.2) is 27.6 Å². The molecule has 0 radical (unpaired) electrons. The van der Waals surface area contributed by atoms with Gasteiger partial charge in [0.05, 0.1) is 5.69 Å². The van der Waals surface area contributed by atoms with E-state index < -0.39 is 10.0 Å². The second-order valence-corrected chi connectivity index (χ2v) is 7.43. The minimum absolute atomic E-state index is 0.0304. The molecule has 0 bridgehead atoms. The Hall–Kier alpha value is -0.630. The molecule has 1 fully saturated rings. The number of halogens is 1. The van der Waals surface area contributed by atoms with E-state index in [1.165, 1.54) is 4.31 Å². The molecule has 0 unspecified atom stereocenters. The van der Waals surface area contributed by atoms with Crippen molar-refractivity contribution in [1.82, 2.24) is 4.31 Å². The third kappa shape index (κ3) is 3.10.